The van der Waals surface area contributed by atoms with Crippen molar-refractivity contribution in [2.75, 3.05) is 45.9 Å². The van der Waals surface area contributed by atoms with Crippen LogP contribution in [0.15, 0.2) is 0 Å². The second-order valence-electron chi connectivity index (χ2n) is 6.17. The van der Waals surface area contributed by atoms with E-state index in [-0.39, 0.29) is 0 Å². The summed E-state index contributed by atoms with van der Waals surface area (Å²) in [5.41, 5.74) is 0. The van der Waals surface area contributed by atoms with Crippen LogP contribution >= 0.6 is 0 Å². The van der Waals surface area contributed by atoms with E-state index < -0.39 is 0 Å². The van der Waals surface area contributed by atoms with Crippen LogP contribution in [0.5, 0.6) is 0 Å². The molecule has 0 aromatic heterocycles. The molecule has 0 saturated carbocycles. The van der Waals surface area contributed by atoms with Crippen molar-refractivity contribution in [1.82, 2.24) is 10.2 Å². The van der Waals surface area contributed by atoms with Gasteiger partial charge in [-0.3, -0.25) is 0 Å². The van der Waals surface area contributed by atoms with Crippen LogP contribution in [0.3, 0.4) is 0 Å². The lowest BCUT2D eigenvalue weighted by atomic mass is 9.99. The molecule has 2 aliphatic rings. The van der Waals surface area contributed by atoms with E-state index in [0.29, 0.717) is 0 Å². The lowest BCUT2D eigenvalue weighted by molar-refractivity contribution is 0.0327. The standard InChI is InChI=1S/C14H28N2O/c1-12-6-15-7-13(2)9-16(8-12)10-14-4-3-5-17-11-14/h12-15H,3-11H2,1-2H3. The van der Waals surface area contributed by atoms with Gasteiger partial charge in [0.15, 0.2) is 0 Å². The fourth-order valence-electron chi connectivity index (χ4n) is 3.13. The van der Waals surface area contributed by atoms with Crippen LogP contribution in [0.4, 0.5) is 0 Å². The van der Waals surface area contributed by atoms with E-state index in [1.54, 1.807) is 0 Å². The Morgan fingerprint density at radius 2 is 1.88 bits per heavy atom. The third-order valence-electron chi connectivity index (χ3n) is 3.90. The minimum Gasteiger partial charge on any atom is -0.381 e. The Balaban J connectivity index is 1.82. The third-order valence-corrected chi connectivity index (χ3v) is 3.90. The third kappa shape index (κ3) is 4.57. The van der Waals surface area contributed by atoms with Crippen molar-refractivity contribution in [3.63, 3.8) is 0 Å². The van der Waals surface area contributed by atoms with E-state index in [9.17, 15) is 0 Å². The predicted molar refractivity (Wildman–Crippen MR) is 71.2 cm³/mol. The summed E-state index contributed by atoms with van der Waals surface area (Å²) in [6.45, 7) is 12.7. The van der Waals surface area contributed by atoms with Crippen molar-refractivity contribution in [2.24, 2.45) is 17.8 Å². The Labute approximate surface area is 106 Å². The van der Waals surface area contributed by atoms with Crippen molar-refractivity contribution in [1.29, 1.82) is 0 Å². The molecule has 0 radical (unpaired) electrons. The van der Waals surface area contributed by atoms with Crippen LogP contribution in [0, 0.1) is 17.8 Å². The second kappa shape index (κ2) is 6.72. The minimum absolute atomic E-state index is 0.770. The maximum Gasteiger partial charge on any atom is 0.0506 e. The molecule has 0 amide bonds. The normalized spacial score (nSPS) is 37.4. The fraction of sp³-hybridized carbons (Fsp3) is 1.00. The molecule has 1 N–H and O–H groups in total. The first kappa shape index (κ1) is 13.3. The van der Waals surface area contributed by atoms with Gasteiger partial charge in [-0.25, -0.2) is 0 Å². The molecular formula is C14H28N2O. The van der Waals surface area contributed by atoms with Crippen molar-refractivity contribution in [3.05, 3.63) is 0 Å². The van der Waals surface area contributed by atoms with Gasteiger partial charge >= 0.3 is 0 Å². The molecule has 3 atom stereocenters. The second-order valence-corrected chi connectivity index (χ2v) is 6.17. The summed E-state index contributed by atoms with van der Waals surface area (Å²) in [5.74, 6) is 2.31. The fourth-order valence-corrected chi connectivity index (χ4v) is 3.13. The molecule has 0 aliphatic carbocycles. The highest BCUT2D eigenvalue weighted by Crippen LogP contribution is 2.17. The summed E-state index contributed by atoms with van der Waals surface area (Å²) in [6, 6.07) is 0. The SMILES string of the molecule is CC1CNCC(C)CN(CC2CCCOC2)C1. The lowest BCUT2D eigenvalue weighted by Crippen LogP contribution is -2.45. The van der Waals surface area contributed by atoms with Crippen LogP contribution in [-0.4, -0.2) is 50.8 Å². The smallest absolute Gasteiger partial charge is 0.0506 e. The summed E-state index contributed by atoms with van der Waals surface area (Å²) >= 11 is 0. The van der Waals surface area contributed by atoms with Crippen LogP contribution < -0.4 is 5.32 Å². The molecule has 0 bridgehead atoms. The van der Waals surface area contributed by atoms with Gasteiger partial charge in [0.25, 0.3) is 0 Å². The molecule has 100 valence electrons. The van der Waals surface area contributed by atoms with E-state index >= 15 is 0 Å². The van der Waals surface area contributed by atoms with Crippen LogP contribution in [0.1, 0.15) is 26.7 Å². The number of hydrogen-bond acceptors (Lipinski definition) is 3. The maximum absolute atomic E-state index is 5.59. The topological polar surface area (TPSA) is 24.5 Å². The number of ether oxygens (including phenoxy) is 1. The molecule has 2 heterocycles. The maximum atomic E-state index is 5.59. The van der Waals surface area contributed by atoms with E-state index in [1.165, 1.54) is 45.6 Å². The van der Waals surface area contributed by atoms with Crippen molar-refractivity contribution in [3.8, 4) is 0 Å². The molecule has 17 heavy (non-hydrogen) atoms. The summed E-state index contributed by atoms with van der Waals surface area (Å²) in [5, 5.41) is 3.56. The molecule has 2 rings (SSSR count). The first-order valence-electron chi connectivity index (χ1n) is 7.25. The number of nitrogens with one attached hydrogen (secondary N) is 1. The molecule has 2 aliphatic heterocycles. The van der Waals surface area contributed by atoms with E-state index in [0.717, 1.165) is 31.0 Å². The quantitative estimate of drug-likeness (QED) is 0.793. The van der Waals surface area contributed by atoms with Gasteiger partial charge in [0.2, 0.25) is 0 Å². The van der Waals surface area contributed by atoms with Crippen LogP contribution in [0.2, 0.25) is 0 Å². The first-order valence-corrected chi connectivity index (χ1v) is 7.25. The summed E-state index contributed by atoms with van der Waals surface area (Å²) in [6.07, 6.45) is 2.61. The molecule has 3 heteroatoms. The first-order chi connectivity index (χ1) is 8.24. The number of nitrogens with zero attached hydrogens (tertiary/aromatic N) is 1. The average Bonchev–Trinajstić information content (AvgIpc) is 2.28. The van der Waals surface area contributed by atoms with E-state index in [4.69, 9.17) is 4.74 Å². The van der Waals surface area contributed by atoms with Crippen molar-refractivity contribution < 1.29 is 4.74 Å². The van der Waals surface area contributed by atoms with E-state index in [2.05, 4.69) is 24.1 Å². The van der Waals surface area contributed by atoms with Gasteiger partial charge in [-0.1, -0.05) is 13.8 Å². The van der Waals surface area contributed by atoms with E-state index in [1.807, 2.05) is 0 Å². The Morgan fingerprint density at radius 1 is 1.18 bits per heavy atom. The van der Waals surface area contributed by atoms with Gasteiger partial charge in [0, 0.05) is 26.2 Å². The Bertz CT molecular complexity index is 204. The van der Waals surface area contributed by atoms with Gasteiger partial charge in [0.05, 0.1) is 6.61 Å². The van der Waals surface area contributed by atoms with Gasteiger partial charge in [0.1, 0.15) is 0 Å². The predicted octanol–water partition coefficient (Wildman–Crippen LogP) is 1.59. The zero-order chi connectivity index (χ0) is 12.1. The lowest BCUT2D eigenvalue weighted by Gasteiger charge is -2.35. The summed E-state index contributed by atoms with van der Waals surface area (Å²) in [4.78, 5) is 2.68. The molecular weight excluding hydrogens is 212 g/mol. The number of hydrogen-bond donors (Lipinski definition) is 1. The molecule has 3 nitrogen and oxygen atoms in total. The largest absolute Gasteiger partial charge is 0.381 e. The Morgan fingerprint density at radius 3 is 2.47 bits per heavy atom. The average molecular weight is 240 g/mol. The zero-order valence-corrected chi connectivity index (χ0v) is 11.5. The minimum atomic E-state index is 0.770. The molecule has 0 spiro atoms. The number of rotatable bonds is 2. The summed E-state index contributed by atoms with van der Waals surface area (Å²) in [7, 11) is 0. The molecule has 0 aromatic carbocycles. The van der Waals surface area contributed by atoms with Crippen LogP contribution in [0.25, 0.3) is 0 Å². The zero-order valence-electron chi connectivity index (χ0n) is 11.5. The van der Waals surface area contributed by atoms with Crippen molar-refractivity contribution in [2.45, 2.75) is 26.7 Å². The molecule has 0 aromatic rings. The Hall–Kier alpha value is -0.120. The summed E-state index contributed by atoms with van der Waals surface area (Å²) < 4.78 is 5.59. The molecule has 2 fully saturated rings. The molecule has 3 unspecified atom stereocenters. The van der Waals surface area contributed by atoms with Gasteiger partial charge in [-0.05, 0) is 43.7 Å². The highest BCUT2D eigenvalue weighted by atomic mass is 16.5. The Kier molecular flexibility index (Phi) is 5.26. The molecule has 2 saturated heterocycles. The monoisotopic (exact) mass is 240 g/mol. The van der Waals surface area contributed by atoms with Gasteiger partial charge in [-0.2, -0.15) is 0 Å². The van der Waals surface area contributed by atoms with Crippen molar-refractivity contribution >= 4 is 0 Å². The van der Waals surface area contributed by atoms with Gasteiger partial charge in [-0.15, -0.1) is 0 Å². The highest BCUT2D eigenvalue weighted by Gasteiger charge is 2.22. The van der Waals surface area contributed by atoms with Crippen LogP contribution in [-0.2, 0) is 4.74 Å². The highest BCUT2D eigenvalue weighted by molar-refractivity contribution is 4.76. The van der Waals surface area contributed by atoms with Gasteiger partial charge < -0.3 is 15.0 Å².